The third-order valence-corrected chi connectivity index (χ3v) is 5.69. The lowest BCUT2D eigenvalue weighted by Gasteiger charge is -2.35. The van der Waals surface area contributed by atoms with Gasteiger partial charge in [0, 0.05) is 43.2 Å². The number of rotatable bonds is 5. The maximum Gasteiger partial charge on any atom is 0.225 e. The normalized spacial score (nSPS) is 19.9. The van der Waals surface area contributed by atoms with Crippen LogP contribution in [0.25, 0.3) is 0 Å². The zero-order chi connectivity index (χ0) is 17.0. The smallest absolute Gasteiger partial charge is 0.225 e. The number of hydrogen-bond acceptors (Lipinski definition) is 2. The van der Waals surface area contributed by atoms with E-state index in [9.17, 15) is 4.79 Å². The lowest BCUT2D eigenvalue weighted by atomic mass is 9.85. The highest BCUT2D eigenvalue weighted by molar-refractivity contribution is 6.30. The maximum absolute atomic E-state index is 12.8. The molecule has 3 nitrogen and oxygen atoms in total. The van der Waals surface area contributed by atoms with Crippen molar-refractivity contribution in [1.29, 1.82) is 0 Å². The molecule has 1 aromatic carbocycles. The van der Waals surface area contributed by atoms with E-state index in [-0.39, 0.29) is 23.8 Å². The summed E-state index contributed by atoms with van der Waals surface area (Å²) < 4.78 is 5.41. The molecule has 0 aromatic heterocycles. The second-order valence-electron chi connectivity index (χ2n) is 6.77. The van der Waals surface area contributed by atoms with Gasteiger partial charge in [0.2, 0.25) is 5.91 Å². The number of carbonyl (C=O) groups is 1. The minimum Gasteiger partial charge on any atom is -0.381 e. The highest BCUT2D eigenvalue weighted by atomic mass is 35.5. The first-order valence-electron chi connectivity index (χ1n) is 8.51. The van der Waals surface area contributed by atoms with Gasteiger partial charge in [-0.1, -0.05) is 37.6 Å². The molecule has 1 fully saturated rings. The summed E-state index contributed by atoms with van der Waals surface area (Å²) in [6.45, 7) is 7.91. The van der Waals surface area contributed by atoms with Crippen LogP contribution in [0.15, 0.2) is 24.3 Å². The van der Waals surface area contributed by atoms with Crippen molar-refractivity contribution in [2.75, 3.05) is 20.3 Å². The maximum atomic E-state index is 12.8. The second-order valence-corrected chi connectivity index (χ2v) is 7.20. The number of halogens is 1. The molecule has 3 atom stereocenters. The molecular weight excluding hydrogens is 310 g/mol. The van der Waals surface area contributed by atoms with Gasteiger partial charge in [-0.15, -0.1) is 0 Å². The van der Waals surface area contributed by atoms with Gasteiger partial charge in [0.1, 0.15) is 0 Å². The highest BCUT2D eigenvalue weighted by Gasteiger charge is 2.31. The van der Waals surface area contributed by atoms with E-state index < -0.39 is 0 Å². The Morgan fingerprint density at radius 1 is 1.17 bits per heavy atom. The minimum absolute atomic E-state index is 0.0590. The van der Waals surface area contributed by atoms with E-state index in [1.165, 1.54) is 5.56 Å². The summed E-state index contributed by atoms with van der Waals surface area (Å²) in [7, 11) is 1.93. The van der Waals surface area contributed by atoms with E-state index in [1.54, 1.807) is 0 Å². The van der Waals surface area contributed by atoms with E-state index in [1.807, 2.05) is 36.2 Å². The number of carbonyl (C=O) groups excluding carboxylic acids is 1. The Hall–Kier alpha value is -1.06. The highest BCUT2D eigenvalue weighted by Crippen LogP contribution is 2.28. The molecule has 1 aliphatic heterocycles. The molecule has 0 unspecified atom stereocenters. The summed E-state index contributed by atoms with van der Waals surface area (Å²) in [4.78, 5) is 14.8. The largest absolute Gasteiger partial charge is 0.381 e. The van der Waals surface area contributed by atoms with Gasteiger partial charge in [-0.2, -0.15) is 0 Å². The minimum atomic E-state index is 0.0590. The van der Waals surface area contributed by atoms with Crippen LogP contribution in [-0.2, 0) is 9.53 Å². The fourth-order valence-corrected chi connectivity index (χ4v) is 3.45. The molecule has 23 heavy (non-hydrogen) atoms. The van der Waals surface area contributed by atoms with Crippen molar-refractivity contribution < 1.29 is 9.53 Å². The molecule has 1 amide bonds. The predicted octanol–water partition coefficient (Wildman–Crippen LogP) is 4.35. The van der Waals surface area contributed by atoms with Crippen LogP contribution in [0.4, 0.5) is 0 Å². The van der Waals surface area contributed by atoms with Gasteiger partial charge in [0.15, 0.2) is 0 Å². The van der Waals surface area contributed by atoms with Crippen LogP contribution >= 0.6 is 11.6 Å². The summed E-state index contributed by atoms with van der Waals surface area (Å²) in [6.07, 6.45) is 1.98. The van der Waals surface area contributed by atoms with E-state index >= 15 is 0 Å². The van der Waals surface area contributed by atoms with Crippen molar-refractivity contribution in [3.8, 4) is 0 Å². The van der Waals surface area contributed by atoms with Gasteiger partial charge in [-0.25, -0.2) is 0 Å². The van der Waals surface area contributed by atoms with Crippen LogP contribution in [0.1, 0.15) is 45.1 Å². The van der Waals surface area contributed by atoms with E-state index in [2.05, 4.69) is 20.8 Å². The second kappa shape index (κ2) is 8.16. The van der Waals surface area contributed by atoms with Gasteiger partial charge in [-0.3, -0.25) is 4.79 Å². The van der Waals surface area contributed by atoms with Crippen LogP contribution < -0.4 is 0 Å². The molecule has 1 saturated heterocycles. The average molecular weight is 338 g/mol. The van der Waals surface area contributed by atoms with Crippen molar-refractivity contribution in [3.05, 3.63) is 34.9 Å². The van der Waals surface area contributed by atoms with E-state index in [0.29, 0.717) is 5.92 Å². The van der Waals surface area contributed by atoms with Crippen molar-refractivity contribution in [1.82, 2.24) is 4.90 Å². The number of benzene rings is 1. The molecule has 0 aliphatic carbocycles. The van der Waals surface area contributed by atoms with Crippen LogP contribution in [0.5, 0.6) is 0 Å². The lowest BCUT2D eigenvalue weighted by Crippen LogP contribution is -2.43. The molecule has 1 aliphatic rings. The molecule has 4 heteroatoms. The van der Waals surface area contributed by atoms with Crippen LogP contribution in [-0.4, -0.2) is 37.1 Å². The Kier molecular flexibility index (Phi) is 6.49. The molecule has 0 N–H and O–H groups in total. The molecule has 0 bridgehead atoms. The Morgan fingerprint density at radius 2 is 1.74 bits per heavy atom. The van der Waals surface area contributed by atoms with Crippen molar-refractivity contribution in [3.63, 3.8) is 0 Å². The fraction of sp³-hybridized carbons (Fsp3) is 0.632. The summed E-state index contributed by atoms with van der Waals surface area (Å²) >= 11 is 5.96. The zero-order valence-corrected chi connectivity index (χ0v) is 15.3. The van der Waals surface area contributed by atoms with Crippen molar-refractivity contribution in [2.24, 2.45) is 11.8 Å². The van der Waals surface area contributed by atoms with Crippen molar-refractivity contribution in [2.45, 2.75) is 45.6 Å². The van der Waals surface area contributed by atoms with E-state index in [4.69, 9.17) is 16.3 Å². The summed E-state index contributed by atoms with van der Waals surface area (Å²) in [5.74, 6) is 1.01. The van der Waals surface area contributed by atoms with Crippen LogP contribution in [0.3, 0.4) is 0 Å². The van der Waals surface area contributed by atoms with Gasteiger partial charge < -0.3 is 9.64 Å². The molecule has 0 saturated carbocycles. The molecule has 2 rings (SSSR count). The van der Waals surface area contributed by atoms with Gasteiger partial charge in [0.05, 0.1) is 0 Å². The third-order valence-electron chi connectivity index (χ3n) is 5.44. The average Bonchev–Trinajstić information content (AvgIpc) is 2.60. The van der Waals surface area contributed by atoms with Crippen LogP contribution in [0.2, 0.25) is 5.02 Å². The zero-order valence-electron chi connectivity index (χ0n) is 14.6. The van der Waals surface area contributed by atoms with Crippen LogP contribution in [0, 0.1) is 11.8 Å². The first-order chi connectivity index (χ1) is 10.9. The number of nitrogens with zero attached hydrogens (tertiary/aromatic N) is 1. The summed E-state index contributed by atoms with van der Waals surface area (Å²) in [5.41, 5.74) is 1.21. The fourth-order valence-electron chi connectivity index (χ4n) is 3.32. The van der Waals surface area contributed by atoms with Gasteiger partial charge >= 0.3 is 0 Å². The quantitative estimate of drug-likeness (QED) is 0.799. The standard InChI is InChI=1S/C19H28ClNO2/c1-13(16-5-7-18(20)8-6-16)15(3)21(4)19(22)14(2)17-9-11-23-12-10-17/h5-8,13-15,17H,9-12H2,1-4H3/t13-,14+,15-/m1/s1. The summed E-state index contributed by atoms with van der Waals surface area (Å²) in [6, 6.07) is 8.05. The number of amides is 1. The topological polar surface area (TPSA) is 29.5 Å². The lowest BCUT2D eigenvalue weighted by molar-refractivity contribution is -0.138. The molecule has 1 aromatic rings. The molecular formula is C19H28ClNO2. The third kappa shape index (κ3) is 4.48. The molecule has 1 heterocycles. The Morgan fingerprint density at radius 3 is 2.30 bits per heavy atom. The predicted molar refractivity (Wildman–Crippen MR) is 94.8 cm³/mol. The Labute approximate surface area is 145 Å². The molecule has 128 valence electrons. The Balaban J connectivity index is 2.00. The number of hydrogen-bond donors (Lipinski definition) is 0. The number of likely N-dealkylation sites (N-methyl/N-ethyl adjacent to an activating group) is 1. The molecule has 0 radical (unpaired) electrons. The van der Waals surface area contributed by atoms with Gasteiger partial charge in [0.25, 0.3) is 0 Å². The summed E-state index contributed by atoms with van der Waals surface area (Å²) in [5, 5.41) is 0.742. The Bertz CT molecular complexity index is 511. The molecule has 0 spiro atoms. The monoisotopic (exact) mass is 337 g/mol. The first-order valence-corrected chi connectivity index (χ1v) is 8.89. The van der Waals surface area contributed by atoms with Crippen molar-refractivity contribution >= 4 is 17.5 Å². The first kappa shape index (κ1) is 18.3. The van der Waals surface area contributed by atoms with Gasteiger partial charge in [-0.05, 0) is 43.4 Å². The van der Waals surface area contributed by atoms with E-state index in [0.717, 1.165) is 31.1 Å². The number of ether oxygens (including phenoxy) is 1. The SMILES string of the molecule is C[C@H](C(=O)N(C)[C@H](C)[C@@H](C)c1ccc(Cl)cc1)C1CCOCC1.